The maximum absolute atomic E-state index is 12.0. The second-order valence-electron chi connectivity index (χ2n) is 3.94. The van der Waals surface area contributed by atoms with Gasteiger partial charge in [0.2, 0.25) is 0 Å². The van der Waals surface area contributed by atoms with Gasteiger partial charge in [0.15, 0.2) is 0 Å². The number of likely N-dealkylation sites (N-methyl/N-ethyl adjacent to an activating group) is 1. The predicted molar refractivity (Wildman–Crippen MR) is 58.4 cm³/mol. The summed E-state index contributed by atoms with van der Waals surface area (Å²) in [5, 5.41) is 23.7. The molecule has 0 aliphatic heterocycles. The lowest BCUT2D eigenvalue weighted by Gasteiger charge is -2.19. The number of alkyl halides is 2. The van der Waals surface area contributed by atoms with Crippen LogP contribution >= 0.6 is 0 Å². The van der Waals surface area contributed by atoms with Crippen LogP contribution < -0.4 is 0 Å². The van der Waals surface area contributed by atoms with Crippen molar-refractivity contribution in [2.24, 2.45) is 0 Å². The van der Waals surface area contributed by atoms with Gasteiger partial charge in [0.05, 0.1) is 24.1 Å². The molecule has 1 unspecified atom stereocenters. The SMILES string of the molecule is CN(CC(F)F)CC(O)Cn1cc([N+](=O)[O-])cn1. The molecule has 1 rings (SSSR count). The Labute approximate surface area is 102 Å². The largest absolute Gasteiger partial charge is 0.390 e. The van der Waals surface area contributed by atoms with Gasteiger partial charge in [-0.15, -0.1) is 0 Å². The molecule has 0 aliphatic rings. The Kier molecular flexibility index (Phi) is 5.10. The molecule has 1 atom stereocenters. The number of nitro groups is 1. The van der Waals surface area contributed by atoms with Crippen molar-refractivity contribution in [3.63, 3.8) is 0 Å². The molecule has 0 saturated carbocycles. The molecule has 0 bridgehead atoms. The van der Waals surface area contributed by atoms with Gasteiger partial charge in [0.25, 0.3) is 6.43 Å². The number of aromatic nitrogens is 2. The molecule has 0 amide bonds. The third-order valence-corrected chi connectivity index (χ3v) is 2.20. The number of nitrogens with zero attached hydrogens (tertiary/aromatic N) is 4. The van der Waals surface area contributed by atoms with Gasteiger partial charge in [0, 0.05) is 6.54 Å². The zero-order valence-electron chi connectivity index (χ0n) is 9.74. The molecule has 0 aromatic carbocycles. The molecule has 0 spiro atoms. The van der Waals surface area contributed by atoms with Gasteiger partial charge >= 0.3 is 5.69 Å². The third kappa shape index (κ3) is 4.72. The van der Waals surface area contributed by atoms with Crippen LogP contribution in [0, 0.1) is 10.1 Å². The average molecular weight is 264 g/mol. The normalized spacial score (nSPS) is 13.2. The van der Waals surface area contributed by atoms with Crippen LogP contribution in [-0.2, 0) is 6.54 Å². The first-order chi connectivity index (χ1) is 8.38. The van der Waals surface area contributed by atoms with Gasteiger partial charge in [0.1, 0.15) is 12.4 Å². The molecular weight excluding hydrogens is 250 g/mol. The van der Waals surface area contributed by atoms with E-state index in [0.717, 1.165) is 6.20 Å². The minimum atomic E-state index is -2.46. The lowest BCUT2D eigenvalue weighted by Crippen LogP contribution is -2.34. The standard InChI is InChI=1S/C9H14F2N4O3/c1-13(6-9(10)11)4-8(16)5-14-3-7(2-12-14)15(17)18/h2-3,8-9,16H,4-6H2,1H3. The highest BCUT2D eigenvalue weighted by Crippen LogP contribution is 2.08. The Balaban J connectivity index is 2.43. The second kappa shape index (κ2) is 6.36. The number of hydrogen-bond donors (Lipinski definition) is 1. The summed E-state index contributed by atoms with van der Waals surface area (Å²) >= 11 is 0. The van der Waals surface area contributed by atoms with Crippen molar-refractivity contribution in [2.45, 2.75) is 19.1 Å². The maximum Gasteiger partial charge on any atom is 0.306 e. The van der Waals surface area contributed by atoms with E-state index in [1.54, 1.807) is 0 Å². The van der Waals surface area contributed by atoms with Crippen LogP contribution in [0.3, 0.4) is 0 Å². The van der Waals surface area contributed by atoms with Crippen LogP contribution in [0.2, 0.25) is 0 Å². The van der Waals surface area contributed by atoms with E-state index in [1.165, 1.54) is 22.8 Å². The summed E-state index contributed by atoms with van der Waals surface area (Å²) in [4.78, 5) is 11.1. The van der Waals surface area contributed by atoms with Crippen molar-refractivity contribution in [2.75, 3.05) is 20.1 Å². The van der Waals surface area contributed by atoms with Crippen LogP contribution in [0.25, 0.3) is 0 Å². The van der Waals surface area contributed by atoms with Crippen molar-refractivity contribution in [1.29, 1.82) is 0 Å². The molecule has 0 aliphatic carbocycles. The molecule has 102 valence electrons. The first-order valence-electron chi connectivity index (χ1n) is 5.20. The van der Waals surface area contributed by atoms with Crippen molar-refractivity contribution < 1.29 is 18.8 Å². The summed E-state index contributed by atoms with van der Waals surface area (Å²) in [6, 6.07) is 0. The summed E-state index contributed by atoms with van der Waals surface area (Å²) in [6.45, 7) is -0.379. The van der Waals surface area contributed by atoms with Crippen molar-refractivity contribution in [3.8, 4) is 0 Å². The zero-order chi connectivity index (χ0) is 13.7. The Hall–Kier alpha value is -1.61. The van der Waals surface area contributed by atoms with E-state index in [4.69, 9.17) is 0 Å². The molecule has 1 aromatic rings. The van der Waals surface area contributed by atoms with E-state index in [2.05, 4.69) is 5.10 Å². The molecule has 18 heavy (non-hydrogen) atoms. The third-order valence-electron chi connectivity index (χ3n) is 2.20. The number of hydrogen-bond acceptors (Lipinski definition) is 5. The average Bonchev–Trinajstić information content (AvgIpc) is 2.63. The zero-order valence-corrected chi connectivity index (χ0v) is 9.74. The Morgan fingerprint density at radius 1 is 1.61 bits per heavy atom. The summed E-state index contributed by atoms with van der Waals surface area (Å²) in [6.07, 6.45) is -1.15. The summed E-state index contributed by atoms with van der Waals surface area (Å²) in [5.74, 6) is 0. The fraction of sp³-hybridized carbons (Fsp3) is 0.667. The van der Waals surface area contributed by atoms with E-state index < -0.39 is 24.0 Å². The fourth-order valence-electron chi connectivity index (χ4n) is 1.49. The predicted octanol–water partition coefficient (Wildman–Crippen LogP) is 0.349. The van der Waals surface area contributed by atoms with Crippen molar-refractivity contribution in [3.05, 3.63) is 22.5 Å². The highest BCUT2D eigenvalue weighted by atomic mass is 19.3. The monoisotopic (exact) mass is 264 g/mol. The van der Waals surface area contributed by atoms with Gasteiger partial charge in [-0.05, 0) is 7.05 Å². The van der Waals surface area contributed by atoms with E-state index >= 15 is 0 Å². The number of aliphatic hydroxyl groups is 1. The minimum Gasteiger partial charge on any atom is -0.390 e. The van der Waals surface area contributed by atoms with E-state index in [1.807, 2.05) is 0 Å². The molecule has 1 aromatic heterocycles. The highest BCUT2D eigenvalue weighted by molar-refractivity contribution is 5.20. The minimum absolute atomic E-state index is 0.0153. The first kappa shape index (κ1) is 14.5. The van der Waals surface area contributed by atoms with Crippen molar-refractivity contribution >= 4 is 5.69 Å². The van der Waals surface area contributed by atoms with Crippen LogP contribution in [0.15, 0.2) is 12.4 Å². The fourth-order valence-corrected chi connectivity index (χ4v) is 1.49. The van der Waals surface area contributed by atoms with Gasteiger partial charge < -0.3 is 5.11 Å². The van der Waals surface area contributed by atoms with Crippen molar-refractivity contribution in [1.82, 2.24) is 14.7 Å². The van der Waals surface area contributed by atoms with Gasteiger partial charge in [-0.1, -0.05) is 0 Å². The smallest absolute Gasteiger partial charge is 0.306 e. The van der Waals surface area contributed by atoms with E-state index in [9.17, 15) is 24.0 Å². The number of rotatable bonds is 7. The van der Waals surface area contributed by atoms with Gasteiger partial charge in [-0.25, -0.2) is 8.78 Å². The molecule has 0 fully saturated rings. The molecule has 1 N–H and O–H groups in total. The van der Waals surface area contributed by atoms with Gasteiger partial charge in [-0.2, -0.15) is 5.10 Å². The van der Waals surface area contributed by atoms with Crippen LogP contribution in [0.5, 0.6) is 0 Å². The summed E-state index contributed by atoms with van der Waals surface area (Å²) in [7, 11) is 1.46. The Bertz CT molecular complexity index is 399. The molecular formula is C9H14F2N4O3. The first-order valence-corrected chi connectivity index (χ1v) is 5.20. The van der Waals surface area contributed by atoms with Crippen LogP contribution in [0.1, 0.15) is 0 Å². The van der Waals surface area contributed by atoms with Gasteiger partial charge in [-0.3, -0.25) is 19.7 Å². The summed E-state index contributed by atoms with van der Waals surface area (Å²) < 4.78 is 25.3. The molecule has 7 nitrogen and oxygen atoms in total. The lowest BCUT2D eigenvalue weighted by atomic mass is 10.3. The Morgan fingerprint density at radius 2 is 2.28 bits per heavy atom. The maximum atomic E-state index is 12.0. The summed E-state index contributed by atoms with van der Waals surface area (Å²) in [5.41, 5.74) is -0.178. The van der Waals surface area contributed by atoms with Crippen LogP contribution in [0.4, 0.5) is 14.5 Å². The number of halogens is 2. The lowest BCUT2D eigenvalue weighted by molar-refractivity contribution is -0.385. The van der Waals surface area contributed by atoms with E-state index in [-0.39, 0.29) is 18.8 Å². The molecule has 1 heterocycles. The number of aliphatic hydroxyl groups excluding tert-OH is 1. The highest BCUT2D eigenvalue weighted by Gasteiger charge is 2.15. The van der Waals surface area contributed by atoms with E-state index in [0.29, 0.717) is 0 Å². The molecule has 9 heteroatoms. The second-order valence-corrected chi connectivity index (χ2v) is 3.94. The molecule has 0 saturated heterocycles. The topological polar surface area (TPSA) is 84.4 Å². The van der Waals surface area contributed by atoms with Crippen LogP contribution in [-0.4, -0.2) is 57.4 Å². The molecule has 0 radical (unpaired) electrons. The quantitative estimate of drug-likeness (QED) is 0.567. The Morgan fingerprint density at radius 3 is 2.78 bits per heavy atom.